The van der Waals surface area contributed by atoms with E-state index in [2.05, 4.69) is 5.32 Å². The highest BCUT2D eigenvalue weighted by atomic mass is 19.2. The first-order valence-corrected chi connectivity index (χ1v) is 6.22. The molecule has 19 heavy (non-hydrogen) atoms. The molecule has 0 saturated carbocycles. The third-order valence-electron chi connectivity index (χ3n) is 2.75. The van der Waals surface area contributed by atoms with Gasteiger partial charge >= 0.3 is 5.97 Å². The van der Waals surface area contributed by atoms with E-state index in [0.29, 0.717) is 0 Å². The predicted molar refractivity (Wildman–Crippen MR) is 68.6 cm³/mol. The fourth-order valence-corrected chi connectivity index (χ4v) is 1.99. The molecular weight excluding hydrogens is 252 g/mol. The van der Waals surface area contributed by atoms with Crippen LogP contribution in [0.25, 0.3) is 0 Å². The van der Waals surface area contributed by atoms with Crippen LogP contribution in [0.5, 0.6) is 0 Å². The van der Waals surface area contributed by atoms with Crippen molar-refractivity contribution in [2.75, 3.05) is 6.61 Å². The number of nitrogens with one attached hydrogen (secondary N) is 1. The number of esters is 1. The van der Waals surface area contributed by atoms with Gasteiger partial charge in [-0.15, -0.1) is 0 Å². The lowest BCUT2D eigenvalue weighted by Gasteiger charge is -2.31. The molecule has 5 heteroatoms. The van der Waals surface area contributed by atoms with Gasteiger partial charge in [-0.25, -0.2) is 13.6 Å². The van der Waals surface area contributed by atoms with Crippen molar-refractivity contribution in [2.45, 2.75) is 39.3 Å². The summed E-state index contributed by atoms with van der Waals surface area (Å²) in [6.07, 6.45) is 0. The third kappa shape index (κ3) is 3.29. The highest BCUT2D eigenvalue weighted by molar-refractivity contribution is 5.82. The summed E-state index contributed by atoms with van der Waals surface area (Å²) < 4.78 is 32.2. The maximum absolute atomic E-state index is 13.9. The summed E-state index contributed by atoms with van der Waals surface area (Å²) in [4.78, 5) is 12.1. The number of ether oxygens (including phenoxy) is 1. The summed E-state index contributed by atoms with van der Waals surface area (Å²) in [5.74, 6) is -2.65. The van der Waals surface area contributed by atoms with Crippen molar-refractivity contribution in [3.05, 3.63) is 35.4 Å². The third-order valence-corrected chi connectivity index (χ3v) is 2.75. The van der Waals surface area contributed by atoms with Gasteiger partial charge in [0.1, 0.15) is 5.54 Å². The molecule has 0 radical (unpaired) electrons. The van der Waals surface area contributed by atoms with Crippen LogP contribution < -0.4 is 5.32 Å². The molecule has 0 fully saturated rings. The lowest BCUT2D eigenvalue weighted by molar-refractivity contribution is -0.151. The Morgan fingerprint density at radius 1 is 1.42 bits per heavy atom. The molecule has 0 bridgehead atoms. The van der Waals surface area contributed by atoms with Crippen LogP contribution in [0.2, 0.25) is 0 Å². The first-order chi connectivity index (χ1) is 8.82. The van der Waals surface area contributed by atoms with E-state index in [9.17, 15) is 13.6 Å². The SMILES string of the molecule is CCOC(=O)C(C)(NC(C)C)c1cccc(F)c1F. The van der Waals surface area contributed by atoms with Gasteiger partial charge in [-0.05, 0) is 33.8 Å². The van der Waals surface area contributed by atoms with E-state index in [-0.39, 0.29) is 18.2 Å². The monoisotopic (exact) mass is 271 g/mol. The first-order valence-electron chi connectivity index (χ1n) is 6.22. The zero-order valence-corrected chi connectivity index (χ0v) is 11.6. The van der Waals surface area contributed by atoms with E-state index in [1.165, 1.54) is 19.1 Å². The van der Waals surface area contributed by atoms with Crippen molar-refractivity contribution in [3.63, 3.8) is 0 Å². The van der Waals surface area contributed by atoms with Crippen molar-refractivity contribution in [1.29, 1.82) is 0 Å². The minimum atomic E-state index is -1.42. The fraction of sp³-hybridized carbons (Fsp3) is 0.500. The number of hydrogen-bond donors (Lipinski definition) is 1. The number of hydrogen-bond acceptors (Lipinski definition) is 3. The Morgan fingerprint density at radius 3 is 2.58 bits per heavy atom. The normalized spacial score (nSPS) is 14.3. The molecule has 1 N–H and O–H groups in total. The largest absolute Gasteiger partial charge is 0.464 e. The second-order valence-corrected chi connectivity index (χ2v) is 4.75. The van der Waals surface area contributed by atoms with E-state index in [4.69, 9.17) is 4.74 Å². The van der Waals surface area contributed by atoms with Gasteiger partial charge in [0.15, 0.2) is 11.6 Å². The van der Waals surface area contributed by atoms with Crippen LogP contribution >= 0.6 is 0 Å². The summed E-state index contributed by atoms with van der Waals surface area (Å²) >= 11 is 0. The van der Waals surface area contributed by atoms with Crippen molar-refractivity contribution in [1.82, 2.24) is 5.32 Å². The molecule has 0 amide bonds. The van der Waals surface area contributed by atoms with Crippen molar-refractivity contribution < 1.29 is 18.3 Å². The van der Waals surface area contributed by atoms with Crippen molar-refractivity contribution >= 4 is 5.97 Å². The average molecular weight is 271 g/mol. The molecule has 3 nitrogen and oxygen atoms in total. The molecule has 0 aliphatic carbocycles. The minimum Gasteiger partial charge on any atom is -0.464 e. The molecule has 0 aliphatic rings. The van der Waals surface area contributed by atoms with E-state index in [1.54, 1.807) is 6.92 Å². The molecule has 106 valence electrons. The summed E-state index contributed by atoms with van der Waals surface area (Å²) in [6, 6.07) is 3.66. The van der Waals surface area contributed by atoms with E-state index in [1.807, 2.05) is 13.8 Å². The van der Waals surface area contributed by atoms with Gasteiger partial charge in [0.05, 0.1) is 6.61 Å². The van der Waals surface area contributed by atoms with Crippen LogP contribution in [-0.4, -0.2) is 18.6 Å². The van der Waals surface area contributed by atoms with E-state index in [0.717, 1.165) is 6.07 Å². The Morgan fingerprint density at radius 2 is 2.05 bits per heavy atom. The minimum absolute atomic E-state index is 0.0559. The van der Waals surface area contributed by atoms with Gasteiger partial charge < -0.3 is 4.74 Å². The molecule has 1 unspecified atom stereocenters. The van der Waals surface area contributed by atoms with Crippen LogP contribution in [0, 0.1) is 11.6 Å². The number of carbonyl (C=O) groups is 1. The second kappa shape index (κ2) is 6.10. The Labute approximate surface area is 112 Å². The maximum atomic E-state index is 13.9. The van der Waals surface area contributed by atoms with E-state index >= 15 is 0 Å². The highest BCUT2D eigenvalue weighted by Gasteiger charge is 2.40. The number of rotatable bonds is 5. The summed E-state index contributed by atoms with van der Waals surface area (Å²) in [5.41, 5.74) is -1.48. The van der Waals surface area contributed by atoms with Crippen LogP contribution in [0.15, 0.2) is 18.2 Å². The lowest BCUT2D eigenvalue weighted by atomic mass is 9.90. The van der Waals surface area contributed by atoms with Crippen molar-refractivity contribution in [3.8, 4) is 0 Å². The van der Waals surface area contributed by atoms with Gasteiger partial charge in [-0.3, -0.25) is 5.32 Å². The molecule has 0 aromatic heterocycles. The average Bonchev–Trinajstić information content (AvgIpc) is 2.31. The van der Waals surface area contributed by atoms with Gasteiger partial charge in [-0.1, -0.05) is 12.1 Å². The van der Waals surface area contributed by atoms with Gasteiger partial charge in [0.2, 0.25) is 0 Å². The number of carbonyl (C=O) groups excluding carboxylic acids is 1. The Kier molecular flexibility index (Phi) is 5.00. The summed E-state index contributed by atoms with van der Waals surface area (Å²) in [7, 11) is 0. The topological polar surface area (TPSA) is 38.3 Å². The first kappa shape index (κ1) is 15.6. The molecule has 0 aliphatic heterocycles. The summed E-state index contributed by atoms with van der Waals surface area (Å²) in [5, 5.41) is 2.94. The maximum Gasteiger partial charge on any atom is 0.330 e. The standard InChI is InChI=1S/C14H19F2NO2/c1-5-19-13(18)14(4,17-9(2)3)10-7-6-8-11(15)12(10)16/h6-9,17H,5H2,1-4H3. The second-order valence-electron chi connectivity index (χ2n) is 4.75. The van der Waals surface area contributed by atoms with Crippen LogP contribution in [0.3, 0.4) is 0 Å². The highest BCUT2D eigenvalue weighted by Crippen LogP contribution is 2.27. The molecular formula is C14H19F2NO2. The van der Waals surface area contributed by atoms with Crippen LogP contribution in [-0.2, 0) is 15.1 Å². The Hall–Kier alpha value is -1.49. The zero-order chi connectivity index (χ0) is 14.6. The van der Waals surface area contributed by atoms with E-state index < -0.39 is 23.1 Å². The van der Waals surface area contributed by atoms with Crippen LogP contribution in [0.4, 0.5) is 8.78 Å². The number of halogens is 2. The molecule has 1 atom stereocenters. The molecule has 0 saturated heterocycles. The molecule has 1 rings (SSSR count). The molecule has 1 aromatic rings. The van der Waals surface area contributed by atoms with Gasteiger partial charge in [0.25, 0.3) is 0 Å². The van der Waals surface area contributed by atoms with Gasteiger partial charge in [-0.2, -0.15) is 0 Å². The Balaban J connectivity index is 3.30. The van der Waals surface area contributed by atoms with Gasteiger partial charge in [0, 0.05) is 11.6 Å². The smallest absolute Gasteiger partial charge is 0.330 e. The zero-order valence-electron chi connectivity index (χ0n) is 11.6. The predicted octanol–water partition coefficient (Wildman–Crippen LogP) is 2.74. The fourth-order valence-electron chi connectivity index (χ4n) is 1.99. The lowest BCUT2D eigenvalue weighted by Crippen LogP contribution is -2.51. The molecule has 1 aromatic carbocycles. The number of benzene rings is 1. The quantitative estimate of drug-likeness (QED) is 0.837. The van der Waals surface area contributed by atoms with Crippen molar-refractivity contribution in [2.24, 2.45) is 0 Å². The molecule has 0 spiro atoms. The van der Waals surface area contributed by atoms with Crippen LogP contribution in [0.1, 0.15) is 33.3 Å². The summed E-state index contributed by atoms with van der Waals surface area (Å²) in [6.45, 7) is 6.95. The molecule has 0 heterocycles. The Bertz CT molecular complexity index is 463.